The van der Waals surface area contributed by atoms with E-state index in [1.807, 2.05) is 23.4 Å². The Bertz CT molecular complexity index is 511. The highest BCUT2D eigenvalue weighted by atomic mass is 32.1. The van der Waals surface area contributed by atoms with Crippen LogP contribution in [0.4, 0.5) is 5.69 Å². The lowest BCUT2D eigenvalue weighted by Gasteiger charge is -2.18. The van der Waals surface area contributed by atoms with Gasteiger partial charge in [0, 0.05) is 18.1 Å². The zero-order valence-electron chi connectivity index (χ0n) is 9.33. The van der Waals surface area contributed by atoms with Crippen molar-refractivity contribution in [3.05, 3.63) is 46.4 Å². The molecule has 0 amide bonds. The Morgan fingerprint density at radius 3 is 3.00 bits per heavy atom. The van der Waals surface area contributed by atoms with Crippen molar-refractivity contribution < 1.29 is 9.90 Å². The van der Waals surface area contributed by atoms with Gasteiger partial charge >= 0.3 is 5.97 Å². The summed E-state index contributed by atoms with van der Waals surface area (Å²) in [5, 5.41) is 10.9. The van der Waals surface area contributed by atoms with E-state index in [0.29, 0.717) is 12.1 Å². The average Bonchev–Trinajstić information content (AvgIpc) is 2.82. The normalized spacial score (nSPS) is 10.2. The van der Waals surface area contributed by atoms with E-state index in [1.165, 1.54) is 0 Å². The highest BCUT2D eigenvalue weighted by Crippen LogP contribution is 2.17. The molecule has 5 heteroatoms. The molecule has 2 aromatic rings. The van der Waals surface area contributed by atoms with Gasteiger partial charge in [-0.2, -0.15) is 0 Å². The number of carbonyl (C=O) groups is 1. The summed E-state index contributed by atoms with van der Waals surface area (Å²) in [6.45, 7) is 0.673. The predicted molar refractivity (Wildman–Crippen MR) is 67.6 cm³/mol. The van der Waals surface area contributed by atoms with Crippen LogP contribution in [0.15, 0.2) is 35.2 Å². The number of carboxylic acid groups (broad SMARTS) is 1. The Morgan fingerprint density at radius 2 is 2.35 bits per heavy atom. The van der Waals surface area contributed by atoms with Crippen LogP contribution in [-0.2, 0) is 6.54 Å². The molecule has 17 heavy (non-hydrogen) atoms. The number of hydrogen-bond acceptors (Lipinski definition) is 4. The van der Waals surface area contributed by atoms with E-state index < -0.39 is 5.97 Å². The predicted octanol–water partition coefficient (Wildman–Crippen LogP) is 2.48. The Morgan fingerprint density at radius 1 is 1.53 bits per heavy atom. The first-order valence-corrected chi connectivity index (χ1v) is 6.02. The lowest BCUT2D eigenvalue weighted by atomic mass is 10.2. The zero-order valence-corrected chi connectivity index (χ0v) is 10.1. The molecule has 4 nitrogen and oxygen atoms in total. The molecule has 0 unspecified atom stereocenters. The van der Waals surface area contributed by atoms with Gasteiger partial charge in [-0.3, -0.25) is 0 Å². The molecule has 2 rings (SSSR count). The lowest BCUT2D eigenvalue weighted by Crippen LogP contribution is -2.16. The second kappa shape index (κ2) is 4.97. The van der Waals surface area contributed by atoms with Gasteiger partial charge in [-0.1, -0.05) is 6.07 Å². The highest BCUT2D eigenvalue weighted by Gasteiger charge is 2.07. The number of rotatable bonds is 4. The van der Waals surface area contributed by atoms with Gasteiger partial charge in [-0.25, -0.2) is 9.78 Å². The second-order valence-corrected chi connectivity index (χ2v) is 4.41. The maximum absolute atomic E-state index is 10.9. The molecule has 0 atom stereocenters. The molecule has 0 aliphatic heterocycles. The molecule has 0 spiro atoms. The van der Waals surface area contributed by atoms with Crippen LogP contribution in [0.25, 0.3) is 0 Å². The molecule has 0 radical (unpaired) electrons. The van der Waals surface area contributed by atoms with E-state index in [1.54, 1.807) is 35.0 Å². The third-order valence-corrected chi connectivity index (χ3v) is 3.05. The number of hydrogen-bond donors (Lipinski definition) is 1. The molecule has 0 saturated heterocycles. The summed E-state index contributed by atoms with van der Waals surface area (Å²) in [6.07, 6.45) is 0. The van der Waals surface area contributed by atoms with Crippen LogP contribution >= 0.6 is 11.3 Å². The van der Waals surface area contributed by atoms with Gasteiger partial charge < -0.3 is 10.0 Å². The number of thiazole rings is 1. The first-order chi connectivity index (χ1) is 8.16. The van der Waals surface area contributed by atoms with Crippen molar-refractivity contribution >= 4 is 23.0 Å². The van der Waals surface area contributed by atoms with Crippen molar-refractivity contribution in [1.82, 2.24) is 4.98 Å². The summed E-state index contributed by atoms with van der Waals surface area (Å²) in [5.74, 6) is -0.908. The van der Waals surface area contributed by atoms with Crippen molar-refractivity contribution in [2.75, 3.05) is 11.9 Å². The molecule has 0 fully saturated rings. The SMILES string of the molecule is CN(Cc1cscn1)c1cccc(C(=O)O)c1. The summed E-state index contributed by atoms with van der Waals surface area (Å²) in [4.78, 5) is 17.0. The minimum atomic E-state index is -0.908. The third kappa shape index (κ3) is 2.82. The molecular formula is C12H12N2O2S. The van der Waals surface area contributed by atoms with Crippen LogP contribution in [0, 0.1) is 0 Å². The van der Waals surface area contributed by atoms with Crippen LogP contribution in [0.1, 0.15) is 16.1 Å². The van der Waals surface area contributed by atoms with Crippen LogP contribution < -0.4 is 4.90 Å². The standard InChI is InChI=1S/C12H12N2O2S/c1-14(6-10-7-17-8-13-10)11-4-2-3-9(5-11)12(15)16/h2-5,7-8H,6H2,1H3,(H,15,16). The largest absolute Gasteiger partial charge is 0.478 e. The molecule has 0 aliphatic rings. The first-order valence-electron chi connectivity index (χ1n) is 5.08. The number of benzene rings is 1. The summed E-state index contributed by atoms with van der Waals surface area (Å²) >= 11 is 1.55. The van der Waals surface area contributed by atoms with E-state index in [9.17, 15) is 4.79 Å². The van der Waals surface area contributed by atoms with E-state index in [2.05, 4.69) is 4.98 Å². The van der Waals surface area contributed by atoms with Gasteiger partial charge in [-0.15, -0.1) is 11.3 Å². The summed E-state index contributed by atoms with van der Waals surface area (Å²) in [6, 6.07) is 6.88. The van der Waals surface area contributed by atoms with E-state index >= 15 is 0 Å². The maximum Gasteiger partial charge on any atom is 0.335 e. The molecule has 1 heterocycles. The van der Waals surface area contributed by atoms with Gasteiger partial charge in [0.15, 0.2) is 0 Å². The minimum absolute atomic E-state index is 0.299. The van der Waals surface area contributed by atoms with E-state index in [-0.39, 0.29) is 0 Å². The monoisotopic (exact) mass is 248 g/mol. The van der Waals surface area contributed by atoms with Crippen molar-refractivity contribution in [3.63, 3.8) is 0 Å². The van der Waals surface area contributed by atoms with E-state index in [0.717, 1.165) is 11.4 Å². The minimum Gasteiger partial charge on any atom is -0.478 e. The zero-order chi connectivity index (χ0) is 12.3. The van der Waals surface area contributed by atoms with Crippen molar-refractivity contribution in [1.29, 1.82) is 0 Å². The number of anilines is 1. The first kappa shape index (κ1) is 11.6. The van der Waals surface area contributed by atoms with Gasteiger partial charge in [0.1, 0.15) is 0 Å². The molecule has 0 saturated carbocycles. The van der Waals surface area contributed by atoms with Crippen LogP contribution in [0.2, 0.25) is 0 Å². The van der Waals surface area contributed by atoms with Gasteiger partial charge in [0.05, 0.1) is 23.3 Å². The third-order valence-electron chi connectivity index (χ3n) is 2.42. The van der Waals surface area contributed by atoms with Crippen LogP contribution in [0.3, 0.4) is 0 Å². The molecule has 1 N–H and O–H groups in total. The second-order valence-electron chi connectivity index (χ2n) is 3.69. The smallest absolute Gasteiger partial charge is 0.335 e. The van der Waals surface area contributed by atoms with Crippen LogP contribution in [-0.4, -0.2) is 23.1 Å². The molecule has 1 aromatic heterocycles. The number of aromatic nitrogens is 1. The Balaban J connectivity index is 2.16. The number of aromatic carboxylic acids is 1. The fraction of sp³-hybridized carbons (Fsp3) is 0.167. The quantitative estimate of drug-likeness (QED) is 0.903. The highest BCUT2D eigenvalue weighted by molar-refractivity contribution is 7.07. The topological polar surface area (TPSA) is 53.4 Å². The number of nitrogens with zero attached hydrogens (tertiary/aromatic N) is 2. The van der Waals surface area contributed by atoms with Gasteiger partial charge in [-0.05, 0) is 18.2 Å². The summed E-state index contributed by atoms with van der Waals surface area (Å²) < 4.78 is 0. The summed E-state index contributed by atoms with van der Waals surface area (Å²) in [5.41, 5.74) is 3.94. The number of carboxylic acids is 1. The van der Waals surface area contributed by atoms with Crippen molar-refractivity contribution in [3.8, 4) is 0 Å². The Labute approximate surface area is 103 Å². The lowest BCUT2D eigenvalue weighted by molar-refractivity contribution is 0.0697. The Hall–Kier alpha value is -1.88. The van der Waals surface area contributed by atoms with Crippen molar-refractivity contribution in [2.24, 2.45) is 0 Å². The van der Waals surface area contributed by atoms with E-state index in [4.69, 9.17) is 5.11 Å². The maximum atomic E-state index is 10.9. The molecule has 0 aliphatic carbocycles. The van der Waals surface area contributed by atoms with Gasteiger partial charge in [0.2, 0.25) is 0 Å². The Kier molecular flexibility index (Phi) is 3.39. The fourth-order valence-electron chi connectivity index (χ4n) is 1.53. The van der Waals surface area contributed by atoms with Gasteiger partial charge in [0.25, 0.3) is 0 Å². The molecule has 1 aromatic carbocycles. The van der Waals surface area contributed by atoms with Crippen LogP contribution in [0.5, 0.6) is 0 Å². The molecule has 88 valence electrons. The fourth-order valence-corrected chi connectivity index (χ4v) is 2.08. The summed E-state index contributed by atoms with van der Waals surface area (Å²) in [7, 11) is 1.92. The molecule has 0 bridgehead atoms. The average molecular weight is 248 g/mol. The van der Waals surface area contributed by atoms with Crippen molar-refractivity contribution in [2.45, 2.75) is 6.54 Å². The molecular weight excluding hydrogens is 236 g/mol.